The van der Waals surface area contributed by atoms with E-state index in [0.29, 0.717) is 18.2 Å². The molecule has 0 atom stereocenters. The first-order valence-electron chi connectivity index (χ1n) is 15.5. The van der Waals surface area contributed by atoms with Gasteiger partial charge in [-0.05, 0) is 76.8 Å². The van der Waals surface area contributed by atoms with Crippen LogP contribution in [0.15, 0.2) is 102 Å². The molecular formula is C36H41BrClN5O. The van der Waals surface area contributed by atoms with Crippen LogP contribution in [0.1, 0.15) is 47.2 Å². The Kier molecular flexibility index (Phi) is 10.3. The van der Waals surface area contributed by atoms with Crippen LogP contribution in [-0.4, -0.2) is 72.5 Å². The summed E-state index contributed by atoms with van der Waals surface area (Å²) in [7, 11) is 0. The molecule has 1 aromatic heterocycles. The first-order chi connectivity index (χ1) is 21.5. The van der Waals surface area contributed by atoms with Crippen molar-refractivity contribution in [2.45, 2.75) is 31.3 Å². The molecule has 1 amide bonds. The molecule has 0 aliphatic carbocycles. The van der Waals surface area contributed by atoms with Gasteiger partial charge >= 0.3 is 0 Å². The SMILES string of the molecule is O=C(NCC(c1ccccc1)c1ccccc1)c1cnc(N2CCN(C3CCN(Cc4ccc(Cl)cc4)CC3)CC2)c(Br)c1.[HH]. The van der Waals surface area contributed by atoms with E-state index in [1.807, 2.05) is 54.6 Å². The van der Waals surface area contributed by atoms with Crippen molar-refractivity contribution in [2.75, 3.05) is 50.7 Å². The predicted molar refractivity (Wildman–Crippen MR) is 185 cm³/mol. The standard InChI is InChI=1S/C36H39BrClN5O.H2/c37-34-23-30(36(44)40-25-33(28-7-3-1-4-8-28)29-9-5-2-6-10-29)24-39-35(34)43-21-19-42(20-22-43)32-15-17-41(18-16-32)26-27-11-13-31(38)14-12-27;/h1-14,23-24,32-33H,15-22,25-26H2,(H,40,44);1H. The number of nitrogens with zero attached hydrogens (tertiary/aromatic N) is 4. The Morgan fingerprint density at radius 1 is 0.886 bits per heavy atom. The van der Waals surface area contributed by atoms with Crippen LogP contribution in [0.3, 0.4) is 0 Å². The molecule has 1 N–H and O–H groups in total. The van der Waals surface area contributed by atoms with Crippen molar-refractivity contribution in [3.8, 4) is 0 Å². The van der Waals surface area contributed by atoms with Gasteiger partial charge in [-0.1, -0.05) is 84.4 Å². The number of anilines is 1. The Labute approximate surface area is 275 Å². The molecular weight excluding hydrogens is 634 g/mol. The number of piperidine rings is 1. The number of rotatable bonds is 9. The third-order valence-electron chi connectivity index (χ3n) is 8.96. The van der Waals surface area contributed by atoms with Gasteiger partial charge in [0.2, 0.25) is 0 Å². The molecule has 0 spiro atoms. The Bertz CT molecular complexity index is 1470. The summed E-state index contributed by atoms with van der Waals surface area (Å²) in [6.45, 7) is 7.66. The van der Waals surface area contributed by atoms with Gasteiger partial charge in [0.25, 0.3) is 5.91 Å². The van der Waals surface area contributed by atoms with E-state index in [0.717, 1.165) is 61.1 Å². The van der Waals surface area contributed by atoms with Gasteiger partial charge in [0.05, 0.1) is 10.0 Å². The summed E-state index contributed by atoms with van der Waals surface area (Å²) in [5.74, 6) is 0.864. The third-order valence-corrected chi connectivity index (χ3v) is 9.80. The van der Waals surface area contributed by atoms with Crippen molar-refractivity contribution >= 4 is 39.3 Å². The minimum Gasteiger partial charge on any atom is -0.353 e. The van der Waals surface area contributed by atoms with Gasteiger partial charge in [0.1, 0.15) is 5.82 Å². The number of likely N-dealkylation sites (tertiary alicyclic amines) is 1. The number of carbonyl (C=O) groups is 1. The monoisotopic (exact) mass is 673 g/mol. The molecule has 2 saturated heterocycles. The van der Waals surface area contributed by atoms with E-state index in [9.17, 15) is 4.79 Å². The largest absolute Gasteiger partial charge is 0.353 e. The number of nitrogens with one attached hydrogen (secondary N) is 1. The van der Waals surface area contributed by atoms with Crippen molar-refractivity contribution in [3.05, 3.63) is 129 Å². The zero-order valence-electron chi connectivity index (χ0n) is 24.9. The number of pyridine rings is 1. The Morgan fingerprint density at radius 3 is 2.09 bits per heavy atom. The Morgan fingerprint density at radius 2 is 1.50 bits per heavy atom. The first kappa shape index (κ1) is 30.8. The lowest BCUT2D eigenvalue weighted by Gasteiger charge is -2.43. The molecule has 0 bridgehead atoms. The zero-order valence-corrected chi connectivity index (χ0v) is 27.3. The topological polar surface area (TPSA) is 51.7 Å². The second kappa shape index (κ2) is 14.7. The van der Waals surface area contributed by atoms with Gasteiger partial charge in [-0.3, -0.25) is 14.6 Å². The quantitative estimate of drug-likeness (QED) is 0.206. The van der Waals surface area contributed by atoms with Gasteiger partial charge in [0, 0.05) is 63.9 Å². The molecule has 2 aliphatic rings. The molecule has 4 aromatic rings. The highest BCUT2D eigenvalue weighted by atomic mass is 79.9. The van der Waals surface area contributed by atoms with Crippen LogP contribution in [0.25, 0.3) is 0 Å². The van der Waals surface area contributed by atoms with Gasteiger partial charge in [-0.25, -0.2) is 4.98 Å². The van der Waals surface area contributed by atoms with Gasteiger partial charge in [0.15, 0.2) is 0 Å². The lowest BCUT2D eigenvalue weighted by molar-refractivity contribution is 0.0951. The number of aromatic nitrogens is 1. The molecule has 2 aliphatic heterocycles. The van der Waals surface area contributed by atoms with Gasteiger partial charge < -0.3 is 10.2 Å². The van der Waals surface area contributed by atoms with E-state index in [4.69, 9.17) is 16.6 Å². The second-order valence-corrected chi connectivity index (χ2v) is 13.1. The summed E-state index contributed by atoms with van der Waals surface area (Å²) in [5, 5.41) is 3.95. The van der Waals surface area contributed by atoms with Crippen LogP contribution in [0.4, 0.5) is 5.82 Å². The minimum atomic E-state index is -0.117. The highest BCUT2D eigenvalue weighted by molar-refractivity contribution is 9.10. The number of piperazine rings is 1. The number of hydrogen-bond donors (Lipinski definition) is 1. The lowest BCUT2D eigenvalue weighted by Crippen LogP contribution is -2.53. The number of hydrogen-bond acceptors (Lipinski definition) is 5. The molecule has 3 heterocycles. The van der Waals surface area contributed by atoms with Crippen LogP contribution in [0, 0.1) is 0 Å². The van der Waals surface area contributed by atoms with Crippen LogP contribution >= 0.6 is 27.5 Å². The molecule has 44 heavy (non-hydrogen) atoms. The third kappa shape index (κ3) is 7.70. The Hall–Kier alpha value is -3.23. The fourth-order valence-electron chi connectivity index (χ4n) is 6.47. The first-order valence-corrected chi connectivity index (χ1v) is 16.7. The Balaban J connectivity index is 0.00000400. The van der Waals surface area contributed by atoms with E-state index >= 15 is 0 Å². The summed E-state index contributed by atoms with van der Waals surface area (Å²) in [5.41, 5.74) is 4.24. The van der Waals surface area contributed by atoms with Crippen LogP contribution in [0.2, 0.25) is 5.02 Å². The summed E-state index contributed by atoms with van der Waals surface area (Å²) in [6, 6.07) is 31.4. The molecule has 0 saturated carbocycles. The van der Waals surface area contributed by atoms with Crippen molar-refractivity contribution < 1.29 is 6.22 Å². The van der Waals surface area contributed by atoms with E-state index in [-0.39, 0.29) is 13.3 Å². The number of amides is 1. The second-order valence-electron chi connectivity index (χ2n) is 11.8. The van der Waals surface area contributed by atoms with Crippen molar-refractivity contribution in [1.29, 1.82) is 0 Å². The number of halogens is 2. The summed E-state index contributed by atoms with van der Waals surface area (Å²) in [6.07, 6.45) is 4.11. The van der Waals surface area contributed by atoms with Crippen molar-refractivity contribution in [1.82, 2.24) is 20.1 Å². The molecule has 230 valence electrons. The van der Waals surface area contributed by atoms with Crippen LogP contribution in [0.5, 0.6) is 0 Å². The molecule has 6 nitrogen and oxygen atoms in total. The van der Waals surface area contributed by atoms with E-state index in [2.05, 4.69) is 72.3 Å². The normalized spacial score (nSPS) is 16.8. The lowest BCUT2D eigenvalue weighted by atomic mass is 9.91. The fraction of sp³-hybridized carbons (Fsp3) is 0.333. The average Bonchev–Trinajstić information content (AvgIpc) is 3.07. The molecule has 6 rings (SSSR count). The summed E-state index contributed by atoms with van der Waals surface area (Å²) < 4.78 is 0.858. The van der Waals surface area contributed by atoms with Crippen LogP contribution < -0.4 is 10.2 Å². The molecule has 0 unspecified atom stereocenters. The molecule has 0 radical (unpaired) electrons. The van der Waals surface area contributed by atoms with Crippen LogP contribution in [-0.2, 0) is 6.54 Å². The smallest absolute Gasteiger partial charge is 0.252 e. The maximum atomic E-state index is 13.2. The predicted octanol–water partition coefficient (Wildman–Crippen LogP) is 7.09. The summed E-state index contributed by atoms with van der Waals surface area (Å²) in [4.78, 5) is 25.5. The van der Waals surface area contributed by atoms with Gasteiger partial charge in [-0.15, -0.1) is 0 Å². The highest BCUT2D eigenvalue weighted by Gasteiger charge is 2.28. The maximum Gasteiger partial charge on any atom is 0.252 e. The number of carbonyl (C=O) groups excluding carboxylic acids is 1. The zero-order chi connectivity index (χ0) is 30.3. The summed E-state index contributed by atoms with van der Waals surface area (Å²) >= 11 is 9.77. The maximum absolute atomic E-state index is 13.2. The minimum absolute atomic E-state index is 0. The van der Waals surface area contributed by atoms with E-state index < -0.39 is 0 Å². The van der Waals surface area contributed by atoms with Gasteiger partial charge in [-0.2, -0.15) is 0 Å². The number of benzene rings is 3. The molecule has 8 heteroatoms. The van der Waals surface area contributed by atoms with E-state index in [1.165, 1.54) is 29.5 Å². The van der Waals surface area contributed by atoms with Crippen molar-refractivity contribution in [2.24, 2.45) is 0 Å². The molecule has 2 fully saturated rings. The highest BCUT2D eigenvalue weighted by Crippen LogP contribution is 2.28. The molecule has 3 aromatic carbocycles. The van der Waals surface area contributed by atoms with E-state index in [1.54, 1.807) is 6.20 Å². The fourth-order valence-corrected chi connectivity index (χ4v) is 7.20. The average molecular weight is 675 g/mol. The van der Waals surface area contributed by atoms with Crippen molar-refractivity contribution in [3.63, 3.8) is 0 Å².